The molecule has 0 saturated heterocycles. The second kappa shape index (κ2) is 11.3. The monoisotopic (exact) mass is 399 g/mol. The lowest BCUT2D eigenvalue weighted by Gasteiger charge is -2.21. The summed E-state index contributed by atoms with van der Waals surface area (Å²) in [6, 6.07) is 16.4. The number of nitrogens with two attached hydrogens (primary N) is 1. The van der Waals surface area contributed by atoms with E-state index in [4.69, 9.17) is 5.73 Å². The van der Waals surface area contributed by atoms with Gasteiger partial charge < -0.3 is 21.2 Å². The summed E-state index contributed by atoms with van der Waals surface area (Å²) in [5.41, 5.74) is 7.82. The molecule has 148 valence electrons. The van der Waals surface area contributed by atoms with E-state index < -0.39 is 29.9 Å². The molecule has 0 aliphatic rings. The van der Waals surface area contributed by atoms with Gasteiger partial charge in [0.2, 0.25) is 11.8 Å². The van der Waals surface area contributed by atoms with Gasteiger partial charge >= 0.3 is 0 Å². The number of carbonyl (C=O) groups excluding carboxylic acids is 3. The Balaban J connectivity index is 1.90. The van der Waals surface area contributed by atoms with Gasteiger partial charge in [0.25, 0.3) is 0 Å². The Hall–Kier alpha value is -2.64. The zero-order valence-electron chi connectivity index (χ0n) is 15.5. The Morgan fingerprint density at radius 3 is 1.93 bits per heavy atom. The second-order valence-electron chi connectivity index (χ2n) is 6.48. The predicted octanol–water partition coefficient (Wildman–Crippen LogP) is 0.897. The summed E-state index contributed by atoms with van der Waals surface area (Å²) in [4.78, 5) is 36.2. The molecule has 6 nitrogen and oxygen atoms in total. The van der Waals surface area contributed by atoms with Crippen molar-refractivity contribution in [2.75, 3.05) is 5.75 Å². The summed E-state index contributed by atoms with van der Waals surface area (Å²) in [6.45, 7) is 0. The van der Waals surface area contributed by atoms with Crippen LogP contribution >= 0.6 is 12.6 Å². The van der Waals surface area contributed by atoms with Crippen LogP contribution in [-0.2, 0) is 27.2 Å². The molecule has 28 heavy (non-hydrogen) atoms. The van der Waals surface area contributed by atoms with Crippen LogP contribution < -0.4 is 16.4 Å². The Bertz CT molecular complexity index is 771. The average Bonchev–Trinajstić information content (AvgIpc) is 2.72. The quantitative estimate of drug-likeness (QED) is 0.352. The Morgan fingerprint density at radius 2 is 1.43 bits per heavy atom. The third kappa shape index (κ3) is 6.83. The number of amides is 2. The van der Waals surface area contributed by atoms with E-state index >= 15 is 0 Å². The molecule has 0 aromatic heterocycles. The van der Waals surface area contributed by atoms with E-state index in [9.17, 15) is 14.4 Å². The number of carbonyl (C=O) groups is 3. The van der Waals surface area contributed by atoms with Crippen LogP contribution in [0.15, 0.2) is 60.7 Å². The van der Waals surface area contributed by atoms with Gasteiger partial charge in [-0.3, -0.25) is 9.59 Å². The minimum atomic E-state index is -0.879. The van der Waals surface area contributed by atoms with E-state index in [0.717, 1.165) is 11.1 Å². The molecule has 0 fully saturated rings. The fraction of sp³-hybridized carbons (Fsp3) is 0.286. The van der Waals surface area contributed by atoms with Gasteiger partial charge in [0, 0.05) is 5.75 Å². The number of rotatable bonds is 10. The van der Waals surface area contributed by atoms with Gasteiger partial charge in [0.05, 0.1) is 12.1 Å². The van der Waals surface area contributed by atoms with E-state index in [1.807, 2.05) is 60.7 Å². The van der Waals surface area contributed by atoms with Crippen LogP contribution in [0.2, 0.25) is 0 Å². The van der Waals surface area contributed by atoms with E-state index in [1.165, 1.54) is 0 Å². The van der Waals surface area contributed by atoms with Crippen molar-refractivity contribution in [2.45, 2.75) is 31.0 Å². The molecular weight excluding hydrogens is 374 g/mol. The van der Waals surface area contributed by atoms with Crippen molar-refractivity contribution in [3.63, 3.8) is 0 Å². The normalized spacial score (nSPS) is 13.8. The lowest BCUT2D eigenvalue weighted by molar-refractivity contribution is -0.130. The highest BCUT2D eigenvalue weighted by Gasteiger charge is 2.24. The number of benzene rings is 2. The van der Waals surface area contributed by atoms with Gasteiger partial charge in [-0.2, -0.15) is 12.6 Å². The van der Waals surface area contributed by atoms with Crippen molar-refractivity contribution < 1.29 is 14.4 Å². The van der Waals surface area contributed by atoms with Gasteiger partial charge in [-0.1, -0.05) is 60.7 Å². The molecule has 0 heterocycles. The van der Waals surface area contributed by atoms with Crippen molar-refractivity contribution in [3.8, 4) is 0 Å². The molecule has 2 aromatic rings. The first-order chi connectivity index (χ1) is 13.5. The van der Waals surface area contributed by atoms with Crippen molar-refractivity contribution in [2.24, 2.45) is 5.73 Å². The molecule has 2 rings (SSSR count). The van der Waals surface area contributed by atoms with Crippen LogP contribution in [0.1, 0.15) is 11.1 Å². The predicted molar refractivity (Wildman–Crippen MR) is 112 cm³/mol. The van der Waals surface area contributed by atoms with E-state index in [-0.39, 0.29) is 5.75 Å². The van der Waals surface area contributed by atoms with Crippen molar-refractivity contribution >= 4 is 30.7 Å². The molecule has 2 amide bonds. The maximum atomic E-state index is 12.5. The zero-order chi connectivity index (χ0) is 20.4. The third-order valence-electron chi connectivity index (χ3n) is 4.24. The lowest BCUT2D eigenvalue weighted by Crippen LogP contribution is -2.55. The lowest BCUT2D eigenvalue weighted by atomic mass is 10.1. The molecule has 0 saturated carbocycles. The van der Waals surface area contributed by atoms with Gasteiger partial charge in [-0.15, -0.1) is 0 Å². The van der Waals surface area contributed by atoms with Crippen LogP contribution in [0, 0.1) is 0 Å². The van der Waals surface area contributed by atoms with Crippen LogP contribution in [0.4, 0.5) is 0 Å². The van der Waals surface area contributed by atoms with Crippen LogP contribution in [0.25, 0.3) is 0 Å². The number of aldehydes is 1. The largest absolute Gasteiger partial charge is 0.344 e. The Labute approximate surface area is 170 Å². The average molecular weight is 400 g/mol. The number of hydrogen-bond donors (Lipinski definition) is 4. The van der Waals surface area contributed by atoms with E-state index in [0.29, 0.717) is 19.1 Å². The summed E-state index contributed by atoms with van der Waals surface area (Å²) in [7, 11) is 0. The van der Waals surface area contributed by atoms with E-state index in [2.05, 4.69) is 23.3 Å². The van der Waals surface area contributed by atoms with Crippen LogP contribution in [0.5, 0.6) is 0 Å². The van der Waals surface area contributed by atoms with Gasteiger partial charge in [0.15, 0.2) is 0 Å². The van der Waals surface area contributed by atoms with E-state index in [1.54, 1.807) is 0 Å². The molecular formula is C21H25N3O3S. The Morgan fingerprint density at radius 1 is 0.893 bits per heavy atom. The smallest absolute Gasteiger partial charge is 0.244 e. The SMILES string of the molecule is N[C@@H](Cc1ccccc1)C(=O)N[C@@H](CS)C(=O)N[C@H](C=O)Cc1ccccc1. The second-order valence-corrected chi connectivity index (χ2v) is 6.85. The van der Waals surface area contributed by atoms with Gasteiger partial charge in [-0.05, 0) is 24.0 Å². The number of nitrogens with one attached hydrogen (secondary N) is 2. The summed E-state index contributed by atoms with van der Waals surface area (Å²) < 4.78 is 0. The first kappa shape index (κ1) is 21.7. The highest BCUT2D eigenvalue weighted by Crippen LogP contribution is 2.04. The van der Waals surface area contributed by atoms with Gasteiger partial charge in [-0.25, -0.2) is 0 Å². The zero-order valence-corrected chi connectivity index (χ0v) is 16.3. The molecule has 0 aliphatic heterocycles. The summed E-state index contributed by atoms with van der Waals surface area (Å²) in [6.07, 6.45) is 1.42. The topological polar surface area (TPSA) is 101 Å². The first-order valence-corrected chi connectivity index (χ1v) is 9.67. The van der Waals surface area contributed by atoms with Crippen molar-refractivity contribution in [1.29, 1.82) is 0 Å². The highest BCUT2D eigenvalue weighted by atomic mass is 32.1. The molecule has 0 spiro atoms. The maximum absolute atomic E-state index is 12.5. The summed E-state index contributed by atoms with van der Waals surface area (Å²) >= 11 is 4.14. The fourth-order valence-corrected chi connectivity index (χ4v) is 2.98. The minimum Gasteiger partial charge on any atom is -0.344 e. The standard InChI is InChI=1S/C21H25N3O3S/c22-18(12-16-9-5-2-6-10-16)20(26)24-19(14-28)21(27)23-17(13-25)11-15-7-3-1-4-8-15/h1-10,13,17-19,28H,11-12,14,22H2,(H,23,27)(H,24,26)/t17-,18-,19-/m0/s1. The Kier molecular flexibility index (Phi) is 8.71. The fourth-order valence-electron chi connectivity index (χ4n) is 2.72. The van der Waals surface area contributed by atoms with Crippen LogP contribution in [0.3, 0.4) is 0 Å². The number of hydrogen-bond acceptors (Lipinski definition) is 5. The van der Waals surface area contributed by atoms with Crippen molar-refractivity contribution in [3.05, 3.63) is 71.8 Å². The maximum Gasteiger partial charge on any atom is 0.244 e. The highest BCUT2D eigenvalue weighted by molar-refractivity contribution is 7.80. The summed E-state index contributed by atoms with van der Waals surface area (Å²) in [5, 5.41) is 5.26. The number of thiol groups is 1. The van der Waals surface area contributed by atoms with Crippen LogP contribution in [-0.4, -0.2) is 42.0 Å². The first-order valence-electron chi connectivity index (χ1n) is 9.03. The minimum absolute atomic E-state index is 0.0898. The molecule has 4 N–H and O–H groups in total. The summed E-state index contributed by atoms with van der Waals surface area (Å²) in [5.74, 6) is -0.820. The molecule has 3 atom stereocenters. The third-order valence-corrected chi connectivity index (χ3v) is 4.61. The molecule has 0 unspecified atom stereocenters. The molecule has 0 aliphatic carbocycles. The van der Waals surface area contributed by atoms with Crippen molar-refractivity contribution in [1.82, 2.24) is 10.6 Å². The molecule has 0 bridgehead atoms. The molecule has 2 aromatic carbocycles. The molecule has 7 heteroatoms. The molecule has 0 radical (unpaired) electrons. The van der Waals surface area contributed by atoms with Gasteiger partial charge in [0.1, 0.15) is 12.3 Å².